The molecule has 17 heavy (non-hydrogen) atoms. The second-order valence-electron chi connectivity index (χ2n) is 4.28. The Bertz CT molecular complexity index is 382. The van der Waals surface area contributed by atoms with E-state index in [4.69, 9.17) is 14.3 Å². The van der Waals surface area contributed by atoms with E-state index < -0.39 is 5.97 Å². The topological polar surface area (TPSA) is 71.7 Å². The molecule has 0 spiro atoms. The van der Waals surface area contributed by atoms with Gasteiger partial charge in [-0.25, -0.2) is 4.79 Å². The molecule has 0 bridgehead atoms. The van der Waals surface area contributed by atoms with Gasteiger partial charge in [-0.1, -0.05) is 0 Å². The van der Waals surface area contributed by atoms with Crippen molar-refractivity contribution in [3.05, 3.63) is 23.7 Å². The smallest absolute Gasteiger partial charge is 0.371 e. The molecule has 2 N–H and O–H groups in total. The van der Waals surface area contributed by atoms with Crippen LogP contribution in [0.25, 0.3) is 0 Å². The van der Waals surface area contributed by atoms with Gasteiger partial charge >= 0.3 is 5.97 Å². The fourth-order valence-electron chi connectivity index (χ4n) is 2.00. The summed E-state index contributed by atoms with van der Waals surface area (Å²) in [5, 5.41) is 12.2. The van der Waals surface area contributed by atoms with Crippen LogP contribution < -0.4 is 5.32 Å². The summed E-state index contributed by atoms with van der Waals surface area (Å²) < 4.78 is 10.5. The fraction of sp³-hybridized carbons (Fsp3) is 0.583. The Hall–Kier alpha value is -1.33. The second-order valence-corrected chi connectivity index (χ2v) is 4.28. The Morgan fingerprint density at radius 3 is 2.76 bits per heavy atom. The maximum Gasteiger partial charge on any atom is 0.371 e. The van der Waals surface area contributed by atoms with E-state index in [2.05, 4.69) is 5.32 Å². The number of hydrogen-bond acceptors (Lipinski definition) is 4. The minimum atomic E-state index is -1.03. The SMILES string of the molecule is CC(NC1CCOCC1)c1ccc(C(=O)O)o1. The minimum absolute atomic E-state index is 0.0133. The van der Waals surface area contributed by atoms with Crippen molar-refractivity contribution in [1.82, 2.24) is 5.32 Å². The molecule has 0 aromatic carbocycles. The molecular weight excluding hydrogens is 222 g/mol. The zero-order valence-electron chi connectivity index (χ0n) is 9.81. The number of carbonyl (C=O) groups is 1. The summed E-state index contributed by atoms with van der Waals surface area (Å²) in [6.45, 7) is 3.53. The molecule has 0 radical (unpaired) electrons. The van der Waals surface area contributed by atoms with E-state index in [1.54, 1.807) is 6.07 Å². The monoisotopic (exact) mass is 239 g/mol. The molecule has 2 heterocycles. The standard InChI is InChI=1S/C12H17NO4/c1-8(13-9-4-6-16-7-5-9)10-2-3-11(17-10)12(14)15/h2-3,8-9,13H,4-7H2,1H3,(H,14,15). The Labute approximate surface area is 99.8 Å². The third kappa shape index (κ3) is 3.08. The van der Waals surface area contributed by atoms with Crippen LogP contribution in [0.1, 0.15) is 42.1 Å². The largest absolute Gasteiger partial charge is 0.475 e. The molecule has 1 aliphatic heterocycles. The number of ether oxygens (including phenoxy) is 1. The van der Waals surface area contributed by atoms with Crippen molar-refractivity contribution >= 4 is 5.97 Å². The molecular formula is C12H17NO4. The van der Waals surface area contributed by atoms with Crippen LogP contribution in [0.4, 0.5) is 0 Å². The van der Waals surface area contributed by atoms with Gasteiger partial charge in [0.1, 0.15) is 5.76 Å². The molecule has 5 heteroatoms. The van der Waals surface area contributed by atoms with E-state index in [9.17, 15) is 4.79 Å². The number of hydrogen-bond donors (Lipinski definition) is 2. The van der Waals surface area contributed by atoms with Gasteiger partial charge in [-0.05, 0) is 31.9 Å². The second kappa shape index (κ2) is 5.33. The van der Waals surface area contributed by atoms with Crippen LogP contribution in [0, 0.1) is 0 Å². The van der Waals surface area contributed by atoms with Crippen LogP contribution in [0.15, 0.2) is 16.5 Å². The van der Waals surface area contributed by atoms with Crippen molar-refractivity contribution in [3.63, 3.8) is 0 Å². The lowest BCUT2D eigenvalue weighted by molar-refractivity contribution is 0.0656. The molecule has 1 fully saturated rings. The molecule has 1 aromatic rings. The van der Waals surface area contributed by atoms with Gasteiger partial charge in [0.15, 0.2) is 0 Å². The van der Waals surface area contributed by atoms with Crippen molar-refractivity contribution < 1.29 is 19.1 Å². The van der Waals surface area contributed by atoms with E-state index in [1.165, 1.54) is 6.07 Å². The van der Waals surface area contributed by atoms with Crippen LogP contribution in [0.2, 0.25) is 0 Å². The minimum Gasteiger partial charge on any atom is -0.475 e. The van der Waals surface area contributed by atoms with Crippen molar-refractivity contribution in [2.24, 2.45) is 0 Å². The van der Waals surface area contributed by atoms with Crippen molar-refractivity contribution in [3.8, 4) is 0 Å². The molecule has 1 saturated heterocycles. The summed E-state index contributed by atoms with van der Waals surface area (Å²) in [6, 6.07) is 3.63. The zero-order valence-corrected chi connectivity index (χ0v) is 9.81. The van der Waals surface area contributed by atoms with Gasteiger partial charge in [-0.2, -0.15) is 0 Å². The number of nitrogens with one attached hydrogen (secondary N) is 1. The molecule has 1 unspecified atom stereocenters. The van der Waals surface area contributed by atoms with Gasteiger partial charge in [0.25, 0.3) is 0 Å². The average molecular weight is 239 g/mol. The maximum atomic E-state index is 10.7. The summed E-state index contributed by atoms with van der Waals surface area (Å²) in [7, 11) is 0. The normalized spacial score (nSPS) is 19.1. The Kier molecular flexibility index (Phi) is 3.81. The first kappa shape index (κ1) is 12.1. The lowest BCUT2D eigenvalue weighted by Crippen LogP contribution is -2.36. The molecule has 0 amide bonds. The van der Waals surface area contributed by atoms with Gasteiger partial charge < -0.3 is 19.6 Å². The highest BCUT2D eigenvalue weighted by Gasteiger charge is 2.19. The number of aromatic carboxylic acids is 1. The summed E-state index contributed by atoms with van der Waals surface area (Å²) in [5.74, 6) is -0.385. The quantitative estimate of drug-likeness (QED) is 0.838. The molecule has 2 rings (SSSR count). The van der Waals surface area contributed by atoms with Crippen LogP contribution in [0.5, 0.6) is 0 Å². The third-order valence-corrected chi connectivity index (χ3v) is 2.97. The molecule has 5 nitrogen and oxygen atoms in total. The maximum absolute atomic E-state index is 10.7. The Morgan fingerprint density at radius 1 is 1.47 bits per heavy atom. The fourth-order valence-corrected chi connectivity index (χ4v) is 2.00. The van der Waals surface area contributed by atoms with Gasteiger partial charge in [0.2, 0.25) is 5.76 Å². The lowest BCUT2D eigenvalue weighted by atomic mass is 10.1. The first-order valence-electron chi connectivity index (χ1n) is 5.83. The van der Waals surface area contributed by atoms with Crippen LogP contribution in [-0.2, 0) is 4.74 Å². The molecule has 0 aliphatic carbocycles. The highest BCUT2D eigenvalue weighted by atomic mass is 16.5. The highest BCUT2D eigenvalue weighted by Crippen LogP contribution is 2.19. The number of carboxylic acid groups (broad SMARTS) is 1. The molecule has 0 saturated carbocycles. The van der Waals surface area contributed by atoms with Gasteiger partial charge in [-0.15, -0.1) is 0 Å². The van der Waals surface area contributed by atoms with Crippen LogP contribution >= 0.6 is 0 Å². The molecule has 94 valence electrons. The van der Waals surface area contributed by atoms with Gasteiger partial charge in [-0.3, -0.25) is 0 Å². The first-order valence-corrected chi connectivity index (χ1v) is 5.83. The highest BCUT2D eigenvalue weighted by molar-refractivity contribution is 5.84. The number of carboxylic acids is 1. The predicted octanol–water partition coefficient (Wildman–Crippen LogP) is 1.81. The van der Waals surface area contributed by atoms with E-state index in [1.807, 2.05) is 6.92 Å². The van der Waals surface area contributed by atoms with E-state index in [0.717, 1.165) is 26.1 Å². The Balaban J connectivity index is 1.93. The molecule has 1 aliphatic rings. The van der Waals surface area contributed by atoms with E-state index in [0.29, 0.717) is 11.8 Å². The van der Waals surface area contributed by atoms with Gasteiger partial charge in [0, 0.05) is 19.3 Å². The Morgan fingerprint density at radius 2 is 2.18 bits per heavy atom. The van der Waals surface area contributed by atoms with E-state index >= 15 is 0 Å². The first-order chi connectivity index (χ1) is 8.16. The number of furan rings is 1. The zero-order chi connectivity index (χ0) is 12.3. The van der Waals surface area contributed by atoms with Crippen molar-refractivity contribution in [2.75, 3.05) is 13.2 Å². The van der Waals surface area contributed by atoms with Crippen LogP contribution in [0.3, 0.4) is 0 Å². The van der Waals surface area contributed by atoms with Crippen molar-refractivity contribution in [1.29, 1.82) is 0 Å². The van der Waals surface area contributed by atoms with E-state index in [-0.39, 0.29) is 11.8 Å². The van der Waals surface area contributed by atoms with Gasteiger partial charge in [0.05, 0.1) is 6.04 Å². The summed E-state index contributed by atoms with van der Waals surface area (Å²) in [6.07, 6.45) is 1.97. The number of rotatable bonds is 4. The van der Waals surface area contributed by atoms with Crippen LogP contribution in [-0.4, -0.2) is 30.3 Å². The molecule has 1 aromatic heterocycles. The summed E-state index contributed by atoms with van der Waals surface area (Å²) in [4.78, 5) is 10.7. The predicted molar refractivity (Wildman–Crippen MR) is 61.1 cm³/mol. The molecule has 1 atom stereocenters. The average Bonchev–Trinajstić information content (AvgIpc) is 2.79. The summed E-state index contributed by atoms with van der Waals surface area (Å²) in [5.41, 5.74) is 0. The third-order valence-electron chi connectivity index (χ3n) is 2.97. The summed E-state index contributed by atoms with van der Waals surface area (Å²) >= 11 is 0. The van der Waals surface area contributed by atoms with Crippen molar-refractivity contribution in [2.45, 2.75) is 31.8 Å². The lowest BCUT2D eigenvalue weighted by Gasteiger charge is -2.25.